The first-order chi connectivity index (χ1) is 8.23. The second kappa shape index (κ2) is 6.00. The Morgan fingerprint density at radius 1 is 1.44 bits per heavy atom. The molecule has 0 aliphatic carbocycles. The summed E-state index contributed by atoms with van der Waals surface area (Å²) in [6.45, 7) is 7.10. The first-order valence-electron chi connectivity index (χ1n) is 5.68. The minimum atomic E-state index is -3.41. The summed E-state index contributed by atoms with van der Waals surface area (Å²) < 4.78 is 27.6. The van der Waals surface area contributed by atoms with E-state index in [0.29, 0.717) is 23.8 Å². The summed E-state index contributed by atoms with van der Waals surface area (Å²) in [5, 5.41) is 0. The Bertz CT molecular complexity index is 497. The lowest BCUT2D eigenvalue weighted by molar-refractivity contribution is 0.273. The number of rotatable bonds is 6. The van der Waals surface area contributed by atoms with E-state index in [9.17, 15) is 8.42 Å². The summed E-state index contributed by atoms with van der Waals surface area (Å²) >= 11 is 4.51. The van der Waals surface area contributed by atoms with Gasteiger partial charge in [-0.1, -0.05) is 20.8 Å². The molecule has 104 valence electrons. The Balaban J connectivity index is 3.01. The van der Waals surface area contributed by atoms with E-state index in [2.05, 4.69) is 15.9 Å². The van der Waals surface area contributed by atoms with Crippen LogP contribution in [0.2, 0.25) is 0 Å². The lowest BCUT2D eigenvalue weighted by Crippen LogP contribution is -2.41. The molecule has 1 rings (SSSR count). The van der Waals surface area contributed by atoms with Crippen LogP contribution in [0, 0.1) is 5.41 Å². The number of halogens is 1. The van der Waals surface area contributed by atoms with Crippen molar-refractivity contribution in [2.75, 3.05) is 19.6 Å². The molecular weight excluding hydrogens is 336 g/mol. The van der Waals surface area contributed by atoms with Gasteiger partial charge in [0.15, 0.2) is 0 Å². The summed E-state index contributed by atoms with van der Waals surface area (Å²) in [6.07, 6.45) is 0. The van der Waals surface area contributed by atoms with Crippen LogP contribution in [0.4, 0.5) is 0 Å². The predicted molar refractivity (Wildman–Crippen MR) is 79.3 cm³/mol. The van der Waals surface area contributed by atoms with Crippen molar-refractivity contribution in [3.05, 3.63) is 15.9 Å². The molecule has 18 heavy (non-hydrogen) atoms. The third kappa shape index (κ3) is 3.77. The number of hydrogen-bond acceptors (Lipinski definition) is 4. The number of nitrogens with two attached hydrogens (primary N) is 1. The molecule has 0 aliphatic heterocycles. The van der Waals surface area contributed by atoms with E-state index in [1.807, 2.05) is 20.8 Å². The zero-order valence-electron chi connectivity index (χ0n) is 10.8. The van der Waals surface area contributed by atoms with Crippen LogP contribution in [0.3, 0.4) is 0 Å². The Labute approximate surface area is 121 Å². The van der Waals surface area contributed by atoms with E-state index in [0.717, 1.165) is 3.79 Å². The van der Waals surface area contributed by atoms with E-state index >= 15 is 0 Å². The lowest BCUT2D eigenvalue weighted by atomic mass is 9.94. The monoisotopic (exact) mass is 354 g/mol. The van der Waals surface area contributed by atoms with Crippen molar-refractivity contribution in [3.8, 4) is 0 Å². The van der Waals surface area contributed by atoms with Gasteiger partial charge in [0.05, 0.1) is 3.79 Å². The fraction of sp³-hybridized carbons (Fsp3) is 0.636. The smallest absolute Gasteiger partial charge is 0.252 e. The molecule has 7 heteroatoms. The molecule has 0 spiro atoms. The molecular formula is C11H19BrN2O2S2. The van der Waals surface area contributed by atoms with Gasteiger partial charge in [-0.3, -0.25) is 0 Å². The van der Waals surface area contributed by atoms with Crippen LogP contribution in [0.5, 0.6) is 0 Å². The standard InChI is InChI=1S/C11H19BrN2O2S2/c1-4-14(8-11(2,3)7-13)18(15,16)10-6-5-9(12)17-10/h5-6H,4,7-8,13H2,1-3H3. The molecule has 0 saturated carbocycles. The highest BCUT2D eigenvalue weighted by Crippen LogP contribution is 2.29. The van der Waals surface area contributed by atoms with Gasteiger partial charge < -0.3 is 5.73 Å². The van der Waals surface area contributed by atoms with Gasteiger partial charge in [-0.2, -0.15) is 4.31 Å². The van der Waals surface area contributed by atoms with Crippen molar-refractivity contribution in [1.29, 1.82) is 0 Å². The molecule has 0 aliphatic rings. The molecule has 0 unspecified atom stereocenters. The van der Waals surface area contributed by atoms with E-state index in [1.54, 1.807) is 12.1 Å². The summed E-state index contributed by atoms with van der Waals surface area (Å²) in [4.78, 5) is 0. The first-order valence-corrected chi connectivity index (χ1v) is 8.73. The topological polar surface area (TPSA) is 63.4 Å². The highest BCUT2D eigenvalue weighted by Gasteiger charge is 2.29. The van der Waals surface area contributed by atoms with Crippen molar-refractivity contribution in [2.24, 2.45) is 11.1 Å². The lowest BCUT2D eigenvalue weighted by Gasteiger charge is -2.29. The van der Waals surface area contributed by atoms with Crippen molar-refractivity contribution in [2.45, 2.75) is 25.0 Å². The minimum Gasteiger partial charge on any atom is -0.330 e. The van der Waals surface area contributed by atoms with Crippen LogP contribution in [0.15, 0.2) is 20.1 Å². The zero-order valence-corrected chi connectivity index (χ0v) is 14.0. The highest BCUT2D eigenvalue weighted by molar-refractivity contribution is 9.11. The van der Waals surface area contributed by atoms with Gasteiger partial charge in [-0.25, -0.2) is 8.42 Å². The molecule has 0 aromatic carbocycles. The molecule has 1 aromatic rings. The van der Waals surface area contributed by atoms with Crippen LogP contribution in [0.25, 0.3) is 0 Å². The van der Waals surface area contributed by atoms with Gasteiger partial charge >= 0.3 is 0 Å². The van der Waals surface area contributed by atoms with E-state index in [1.165, 1.54) is 15.6 Å². The molecule has 0 radical (unpaired) electrons. The van der Waals surface area contributed by atoms with Crippen molar-refractivity contribution in [1.82, 2.24) is 4.31 Å². The maximum absolute atomic E-state index is 12.4. The van der Waals surface area contributed by atoms with Gasteiger partial charge in [0.1, 0.15) is 4.21 Å². The molecule has 0 atom stereocenters. The van der Waals surface area contributed by atoms with Gasteiger partial charge in [0.25, 0.3) is 10.0 Å². The minimum absolute atomic E-state index is 0.225. The first kappa shape index (κ1) is 16.1. The molecule has 4 nitrogen and oxygen atoms in total. The number of sulfonamides is 1. The second-order valence-electron chi connectivity index (χ2n) is 4.86. The van der Waals surface area contributed by atoms with Crippen molar-refractivity contribution >= 4 is 37.3 Å². The Kier molecular flexibility index (Phi) is 5.37. The summed E-state index contributed by atoms with van der Waals surface area (Å²) in [5.74, 6) is 0. The average molecular weight is 355 g/mol. The molecule has 0 fully saturated rings. The third-order valence-corrected chi connectivity index (χ3v) is 6.66. The highest BCUT2D eigenvalue weighted by atomic mass is 79.9. The van der Waals surface area contributed by atoms with Crippen LogP contribution in [-0.2, 0) is 10.0 Å². The number of hydrogen-bond donors (Lipinski definition) is 1. The van der Waals surface area contributed by atoms with Crippen molar-refractivity contribution < 1.29 is 8.42 Å². The summed E-state index contributed by atoms with van der Waals surface area (Å²) in [5.41, 5.74) is 5.44. The molecule has 0 bridgehead atoms. The second-order valence-corrected chi connectivity index (χ2v) is 9.49. The van der Waals surface area contributed by atoms with Gasteiger partial charge in [-0.05, 0) is 40.0 Å². The summed E-state index contributed by atoms with van der Waals surface area (Å²) in [6, 6.07) is 3.38. The number of nitrogens with zero attached hydrogens (tertiary/aromatic N) is 1. The Hall–Kier alpha value is 0.0500. The molecule has 2 N–H and O–H groups in total. The van der Waals surface area contributed by atoms with Crippen LogP contribution in [0.1, 0.15) is 20.8 Å². The Morgan fingerprint density at radius 3 is 2.44 bits per heavy atom. The quantitative estimate of drug-likeness (QED) is 0.853. The normalized spacial score (nSPS) is 13.2. The molecule has 0 saturated heterocycles. The van der Waals surface area contributed by atoms with E-state index < -0.39 is 10.0 Å². The average Bonchev–Trinajstić information content (AvgIpc) is 2.73. The van der Waals surface area contributed by atoms with E-state index in [4.69, 9.17) is 5.73 Å². The fourth-order valence-corrected chi connectivity index (χ4v) is 5.27. The summed E-state index contributed by atoms with van der Waals surface area (Å²) in [7, 11) is -3.41. The predicted octanol–water partition coefficient (Wildman–Crippen LogP) is 2.51. The fourth-order valence-electron chi connectivity index (χ4n) is 1.47. The third-order valence-electron chi connectivity index (χ3n) is 2.65. The molecule has 1 aromatic heterocycles. The zero-order chi connectivity index (χ0) is 14.0. The molecule has 1 heterocycles. The maximum Gasteiger partial charge on any atom is 0.252 e. The van der Waals surface area contributed by atoms with Crippen LogP contribution >= 0.6 is 27.3 Å². The number of thiophene rings is 1. The van der Waals surface area contributed by atoms with E-state index in [-0.39, 0.29) is 5.41 Å². The van der Waals surface area contributed by atoms with Gasteiger partial charge in [-0.15, -0.1) is 11.3 Å². The maximum atomic E-state index is 12.4. The van der Waals surface area contributed by atoms with Gasteiger partial charge in [0, 0.05) is 13.1 Å². The SMILES string of the molecule is CCN(CC(C)(C)CN)S(=O)(=O)c1ccc(Br)s1. The van der Waals surface area contributed by atoms with Crippen molar-refractivity contribution in [3.63, 3.8) is 0 Å². The molecule has 0 amide bonds. The largest absolute Gasteiger partial charge is 0.330 e. The van der Waals surface area contributed by atoms with Gasteiger partial charge in [0.2, 0.25) is 0 Å². The Morgan fingerprint density at radius 2 is 2.06 bits per heavy atom. The van der Waals surface area contributed by atoms with Crippen LogP contribution < -0.4 is 5.73 Å². The van der Waals surface area contributed by atoms with Crippen LogP contribution in [-0.4, -0.2) is 32.4 Å².